The van der Waals surface area contributed by atoms with Gasteiger partial charge in [-0.2, -0.15) is 13.2 Å². The molecule has 2 rings (SSSR count). The van der Waals surface area contributed by atoms with Crippen molar-refractivity contribution in [3.8, 4) is 0 Å². The molecule has 0 heterocycles. The van der Waals surface area contributed by atoms with Crippen LogP contribution in [0.15, 0.2) is 47.4 Å². The molecule has 0 aliphatic rings. The quantitative estimate of drug-likeness (QED) is 0.718. The number of halogens is 4. The van der Waals surface area contributed by atoms with E-state index in [1.807, 2.05) is 0 Å². The Morgan fingerprint density at radius 2 is 1.64 bits per heavy atom. The van der Waals surface area contributed by atoms with Crippen molar-refractivity contribution in [2.75, 3.05) is 4.72 Å². The smallest absolute Gasteiger partial charge is 0.280 e. The highest BCUT2D eigenvalue weighted by Crippen LogP contribution is 2.33. The molecule has 0 atom stereocenters. The van der Waals surface area contributed by atoms with Gasteiger partial charge < -0.3 is 0 Å². The van der Waals surface area contributed by atoms with E-state index in [2.05, 4.69) is 4.72 Å². The number of benzene rings is 2. The standard InChI is InChI=1S/C14H11F3INO2S/c1-9-2-4-13(5-3-9)22(20,21)19-12-7-10(14(15,16)17)6-11(18)8-12/h2-8,19H,1H3. The first-order valence-corrected chi connectivity index (χ1v) is 8.61. The molecule has 0 aliphatic heterocycles. The number of nitrogens with one attached hydrogen (secondary N) is 1. The minimum Gasteiger partial charge on any atom is -0.280 e. The van der Waals surface area contributed by atoms with E-state index in [4.69, 9.17) is 0 Å². The molecule has 0 aliphatic carbocycles. The monoisotopic (exact) mass is 441 g/mol. The topological polar surface area (TPSA) is 46.2 Å². The zero-order valence-corrected chi connectivity index (χ0v) is 14.3. The summed E-state index contributed by atoms with van der Waals surface area (Å²) >= 11 is 1.71. The van der Waals surface area contributed by atoms with E-state index in [0.29, 0.717) is 0 Å². The Morgan fingerprint density at radius 1 is 1.05 bits per heavy atom. The Balaban J connectivity index is 2.38. The number of anilines is 1. The normalized spacial score (nSPS) is 12.2. The van der Waals surface area contributed by atoms with Crippen LogP contribution in [-0.4, -0.2) is 8.42 Å². The number of rotatable bonds is 3. The summed E-state index contributed by atoms with van der Waals surface area (Å²) in [7, 11) is -3.93. The van der Waals surface area contributed by atoms with Gasteiger partial charge in [-0.05, 0) is 59.8 Å². The van der Waals surface area contributed by atoms with E-state index >= 15 is 0 Å². The average molecular weight is 441 g/mol. The van der Waals surface area contributed by atoms with Crippen LogP contribution in [0.4, 0.5) is 18.9 Å². The number of alkyl halides is 3. The second-order valence-electron chi connectivity index (χ2n) is 4.64. The molecular formula is C14H11F3INO2S. The van der Waals surface area contributed by atoms with E-state index in [0.717, 1.165) is 17.7 Å². The Bertz CT molecular complexity index is 787. The van der Waals surface area contributed by atoms with E-state index in [1.54, 1.807) is 41.6 Å². The van der Waals surface area contributed by atoms with Crippen LogP contribution in [0, 0.1) is 10.5 Å². The Kier molecular flexibility index (Phi) is 4.71. The predicted molar refractivity (Wildman–Crippen MR) is 86.1 cm³/mol. The lowest BCUT2D eigenvalue weighted by Crippen LogP contribution is -2.14. The lowest BCUT2D eigenvalue weighted by Gasteiger charge is -2.12. The average Bonchev–Trinajstić information content (AvgIpc) is 2.36. The summed E-state index contributed by atoms with van der Waals surface area (Å²) in [6.45, 7) is 1.80. The molecule has 2 aromatic carbocycles. The van der Waals surface area contributed by atoms with Crippen LogP contribution in [-0.2, 0) is 16.2 Å². The molecule has 0 radical (unpaired) electrons. The summed E-state index contributed by atoms with van der Waals surface area (Å²) in [4.78, 5) is -0.00878. The highest BCUT2D eigenvalue weighted by molar-refractivity contribution is 14.1. The summed E-state index contributed by atoms with van der Waals surface area (Å²) in [5.74, 6) is 0. The number of aryl methyl sites for hydroxylation is 1. The molecule has 8 heteroatoms. The lowest BCUT2D eigenvalue weighted by molar-refractivity contribution is -0.137. The maximum Gasteiger partial charge on any atom is 0.416 e. The van der Waals surface area contributed by atoms with Gasteiger partial charge in [-0.15, -0.1) is 0 Å². The van der Waals surface area contributed by atoms with Crippen molar-refractivity contribution in [2.45, 2.75) is 18.0 Å². The van der Waals surface area contributed by atoms with Gasteiger partial charge in [0.25, 0.3) is 10.0 Å². The molecule has 0 spiro atoms. The number of hydrogen-bond acceptors (Lipinski definition) is 2. The molecule has 0 saturated carbocycles. The lowest BCUT2D eigenvalue weighted by atomic mass is 10.2. The van der Waals surface area contributed by atoms with E-state index < -0.39 is 21.8 Å². The second kappa shape index (κ2) is 6.07. The summed E-state index contributed by atoms with van der Waals surface area (Å²) in [5, 5.41) is 0. The van der Waals surface area contributed by atoms with Crippen molar-refractivity contribution >= 4 is 38.3 Å². The Hall–Kier alpha value is -1.29. The molecule has 2 aromatic rings. The van der Waals surface area contributed by atoms with Crippen LogP contribution < -0.4 is 4.72 Å². The van der Waals surface area contributed by atoms with Crippen molar-refractivity contribution in [3.05, 3.63) is 57.2 Å². The van der Waals surface area contributed by atoms with Gasteiger partial charge in [-0.25, -0.2) is 8.42 Å². The van der Waals surface area contributed by atoms with Crippen LogP contribution in [0.2, 0.25) is 0 Å². The van der Waals surface area contributed by atoms with Gasteiger partial charge in [0, 0.05) is 3.57 Å². The maximum absolute atomic E-state index is 12.8. The molecule has 22 heavy (non-hydrogen) atoms. The summed E-state index contributed by atoms with van der Waals surface area (Å²) in [6.07, 6.45) is -4.54. The summed E-state index contributed by atoms with van der Waals surface area (Å²) in [5.41, 5.74) is -0.145. The first kappa shape index (κ1) is 17.1. The molecule has 0 bridgehead atoms. The fourth-order valence-corrected chi connectivity index (χ4v) is 3.46. The first-order chi connectivity index (χ1) is 10.1. The van der Waals surface area contributed by atoms with Crippen LogP contribution in [0.1, 0.15) is 11.1 Å². The summed E-state index contributed by atoms with van der Waals surface area (Å²) < 4.78 is 65.1. The first-order valence-electron chi connectivity index (χ1n) is 6.05. The molecule has 118 valence electrons. The van der Waals surface area contributed by atoms with Crippen molar-refractivity contribution < 1.29 is 21.6 Å². The molecule has 1 N–H and O–H groups in total. The third-order valence-electron chi connectivity index (χ3n) is 2.81. The van der Waals surface area contributed by atoms with Gasteiger partial charge in [0.05, 0.1) is 16.1 Å². The largest absolute Gasteiger partial charge is 0.416 e. The van der Waals surface area contributed by atoms with Gasteiger partial charge in [-0.3, -0.25) is 4.72 Å². The Labute approximate surface area is 139 Å². The van der Waals surface area contributed by atoms with Crippen LogP contribution in [0.3, 0.4) is 0 Å². The van der Waals surface area contributed by atoms with E-state index in [-0.39, 0.29) is 14.2 Å². The Morgan fingerprint density at radius 3 is 2.18 bits per heavy atom. The predicted octanol–water partition coefficient (Wildman–Crippen LogP) is 4.42. The molecule has 0 aromatic heterocycles. The van der Waals surface area contributed by atoms with Crippen molar-refractivity contribution in [1.82, 2.24) is 0 Å². The maximum atomic E-state index is 12.8. The van der Waals surface area contributed by atoms with E-state index in [9.17, 15) is 21.6 Å². The van der Waals surface area contributed by atoms with Crippen molar-refractivity contribution in [3.63, 3.8) is 0 Å². The van der Waals surface area contributed by atoms with Gasteiger partial charge >= 0.3 is 6.18 Å². The highest BCUT2D eigenvalue weighted by Gasteiger charge is 2.31. The molecule has 0 fully saturated rings. The van der Waals surface area contributed by atoms with Crippen LogP contribution in [0.5, 0.6) is 0 Å². The molecular weight excluding hydrogens is 430 g/mol. The fraction of sp³-hybridized carbons (Fsp3) is 0.143. The minimum absolute atomic E-state index is 0.00878. The zero-order chi connectivity index (χ0) is 16.5. The second-order valence-corrected chi connectivity index (χ2v) is 7.57. The SMILES string of the molecule is Cc1ccc(S(=O)(=O)Nc2cc(I)cc(C(F)(F)F)c2)cc1. The summed E-state index contributed by atoms with van der Waals surface area (Å²) in [6, 6.07) is 9.08. The number of hydrogen-bond donors (Lipinski definition) is 1. The van der Waals surface area contributed by atoms with E-state index in [1.165, 1.54) is 18.2 Å². The molecule has 0 saturated heterocycles. The van der Waals surface area contributed by atoms with Gasteiger partial charge in [0.2, 0.25) is 0 Å². The molecule has 0 amide bonds. The zero-order valence-electron chi connectivity index (χ0n) is 11.3. The van der Waals surface area contributed by atoms with Gasteiger partial charge in [0.1, 0.15) is 0 Å². The van der Waals surface area contributed by atoms with Gasteiger partial charge in [-0.1, -0.05) is 17.7 Å². The van der Waals surface area contributed by atoms with Gasteiger partial charge in [0.15, 0.2) is 0 Å². The third kappa shape index (κ3) is 4.13. The van der Waals surface area contributed by atoms with Crippen LogP contribution in [0.25, 0.3) is 0 Å². The highest BCUT2D eigenvalue weighted by atomic mass is 127. The van der Waals surface area contributed by atoms with Crippen LogP contribution >= 0.6 is 22.6 Å². The molecule has 3 nitrogen and oxygen atoms in total. The van der Waals surface area contributed by atoms with Crippen molar-refractivity contribution in [2.24, 2.45) is 0 Å². The third-order valence-corrected chi connectivity index (χ3v) is 4.83. The molecule has 0 unspecified atom stereocenters. The number of sulfonamides is 1. The fourth-order valence-electron chi connectivity index (χ4n) is 1.74. The van der Waals surface area contributed by atoms with Crippen molar-refractivity contribution in [1.29, 1.82) is 0 Å². The minimum atomic E-state index is -4.54.